The van der Waals surface area contributed by atoms with Gasteiger partial charge in [-0.15, -0.1) is 0 Å². The van der Waals surface area contributed by atoms with Crippen LogP contribution in [0.1, 0.15) is 42.3 Å². The first-order valence-corrected chi connectivity index (χ1v) is 11.2. The van der Waals surface area contributed by atoms with Crippen molar-refractivity contribution in [1.29, 1.82) is 0 Å². The molecule has 2 amide bonds. The maximum Gasteiger partial charge on any atom is 0.252 e. The standard InChI is InChI=1S/C25H29ClFN3O2/c1-17(2)28-25(32)23-14-21(26)8-6-20(23)7-11-24(31)30-13-12-29(15-18(30)3)16-19-4-9-22(27)10-5-19/h4-11,14,17-18H,12-13,15-16H2,1-3H3,(H,28,32). The molecule has 1 aliphatic heterocycles. The molecular weight excluding hydrogens is 429 g/mol. The first kappa shape index (κ1) is 24.0. The topological polar surface area (TPSA) is 52.7 Å². The Labute approximate surface area is 193 Å². The largest absolute Gasteiger partial charge is 0.350 e. The van der Waals surface area contributed by atoms with Gasteiger partial charge in [0.05, 0.1) is 0 Å². The van der Waals surface area contributed by atoms with Crippen molar-refractivity contribution >= 4 is 29.5 Å². The molecule has 2 aromatic rings. The van der Waals surface area contributed by atoms with Crippen LogP contribution in [0.25, 0.3) is 6.08 Å². The normalized spacial score (nSPS) is 17.2. The molecule has 1 unspecified atom stereocenters. The molecule has 32 heavy (non-hydrogen) atoms. The number of nitrogens with one attached hydrogen (secondary N) is 1. The van der Waals surface area contributed by atoms with Gasteiger partial charge in [0.15, 0.2) is 0 Å². The predicted octanol–water partition coefficient (Wildman–Crippen LogP) is 4.36. The third kappa shape index (κ3) is 6.40. The summed E-state index contributed by atoms with van der Waals surface area (Å²) in [6, 6.07) is 11.6. The molecular formula is C25H29ClFN3O2. The van der Waals surface area contributed by atoms with E-state index >= 15 is 0 Å². The van der Waals surface area contributed by atoms with Crippen LogP contribution in [0.3, 0.4) is 0 Å². The van der Waals surface area contributed by atoms with Gasteiger partial charge in [0, 0.05) is 54.9 Å². The van der Waals surface area contributed by atoms with Gasteiger partial charge in [0.2, 0.25) is 5.91 Å². The molecule has 170 valence electrons. The van der Waals surface area contributed by atoms with Crippen molar-refractivity contribution in [3.05, 3.63) is 76.1 Å². The molecule has 5 nitrogen and oxygen atoms in total. The summed E-state index contributed by atoms with van der Waals surface area (Å²) in [5.41, 5.74) is 2.13. The zero-order chi connectivity index (χ0) is 23.3. The van der Waals surface area contributed by atoms with Crippen LogP contribution >= 0.6 is 11.6 Å². The van der Waals surface area contributed by atoms with Crippen LogP contribution in [0.5, 0.6) is 0 Å². The van der Waals surface area contributed by atoms with Crippen molar-refractivity contribution in [2.45, 2.75) is 39.4 Å². The minimum absolute atomic E-state index is 0.00741. The van der Waals surface area contributed by atoms with Gasteiger partial charge in [-0.2, -0.15) is 0 Å². The first-order chi connectivity index (χ1) is 15.2. The number of halogens is 2. The van der Waals surface area contributed by atoms with Crippen LogP contribution < -0.4 is 5.32 Å². The highest BCUT2D eigenvalue weighted by atomic mass is 35.5. The average molecular weight is 458 g/mol. The van der Waals surface area contributed by atoms with Crippen molar-refractivity contribution in [1.82, 2.24) is 15.1 Å². The van der Waals surface area contributed by atoms with Gasteiger partial charge in [-0.25, -0.2) is 4.39 Å². The Balaban J connectivity index is 1.64. The Morgan fingerprint density at radius 2 is 1.91 bits per heavy atom. The molecule has 3 rings (SSSR count). The predicted molar refractivity (Wildman–Crippen MR) is 126 cm³/mol. The molecule has 1 atom stereocenters. The Morgan fingerprint density at radius 1 is 1.19 bits per heavy atom. The minimum atomic E-state index is -0.241. The number of carbonyl (C=O) groups is 2. The Hall–Kier alpha value is -2.70. The van der Waals surface area contributed by atoms with E-state index in [-0.39, 0.29) is 29.7 Å². The molecule has 7 heteroatoms. The monoisotopic (exact) mass is 457 g/mol. The molecule has 1 N–H and O–H groups in total. The number of hydrogen-bond donors (Lipinski definition) is 1. The quantitative estimate of drug-likeness (QED) is 0.655. The molecule has 2 aromatic carbocycles. The van der Waals surface area contributed by atoms with Gasteiger partial charge in [-0.05, 0) is 62.2 Å². The van der Waals surface area contributed by atoms with Gasteiger partial charge in [0.1, 0.15) is 5.82 Å². The second kappa shape index (κ2) is 10.7. The fourth-order valence-electron chi connectivity index (χ4n) is 3.82. The van der Waals surface area contributed by atoms with Crippen LogP contribution in [0.4, 0.5) is 4.39 Å². The van der Waals surface area contributed by atoms with Crippen molar-refractivity contribution in [2.75, 3.05) is 19.6 Å². The number of amides is 2. The molecule has 0 aliphatic carbocycles. The number of carbonyl (C=O) groups excluding carboxylic acids is 2. The Kier molecular flexibility index (Phi) is 8.04. The van der Waals surface area contributed by atoms with E-state index in [1.807, 2.05) is 25.7 Å². The summed E-state index contributed by atoms with van der Waals surface area (Å²) >= 11 is 6.08. The zero-order valence-electron chi connectivity index (χ0n) is 18.6. The third-order valence-electron chi connectivity index (χ3n) is 5.40. The molecule has 0 spiro atoms. The SMILES string of the molecule is CC(C)NC(=O)c1cc(Cl)ccc1C=CC(=O)N1CCN(Cc2ccc(F)cc2)CC1C. The van der Waals surface area contributed by atoms with Gasteiger partial charge >= 0.3 is 0 Å². The molecule has 1 fully saturated rings. The first-order valence-electron chi connectivity index (χ1n) is 10.8. The van der Waals surface area contributed by atoms with E-state index < -0.39 is 0 Å². The second-order valence-corrected chi connectivity index (χ2v) is 8.87. The van der Waals surface area contributed by atoms with E-state index in [0.29, 0.717) is 22.7 Å². The highest BCUT2D eigenvalue weighted by molar-refractivity contribution is 6.31. The lowest BCUT2D eigenvalue weighted by atomic mass is 10.1. The summed E-state index contributed by atoms with van der Waals surface area (Å²) in [5, 5.41) is 3.33. The molecule has 0 saturated carbocycles. The van der Waals surface area contributed by atoms with Gasteiger partial charge in [0.25, 0.3) is 5.91 Å². The number of hydrogen-bond acceptors (Lipinski definition) is 3. The fraction of sp³-hybridized carbons (Fsp3) is 0.360. The summed E-state index contributed by atoms with van der Waals surface area (Å²) in [6.07, 6.45) is 3.19. The Morgan fingerprint density at radius 3 is 2.56 bits per heavy atom. The summed E-state index contributed by atoms with van der Waals surface area (Å²) in [6.45, 7) is 8.60. The molecule has 0 aromatic heterocycles. The van der Waals surface area contributed by atoms with Crippen LogP contribution in [0, 0.1) is 5.82 Å². The van der Waals surface area contributed by atoms with Crippen molar-refractivity contribution < 1.29 is 14.0 Å². The van der Waals surface area contributed by atoms with Crippen LogP contribution in [-0.2, 0) is 11.3 Å². The van der Waals surface area contributed by atoms with Crippen LogP contribution in [0.15, 0.2) is 48.5 Å². The second-order valence-electron chi connectivity index (χ2n) is 8.44. The lowest BCUT2D eigenvalue weighted by molar-refractivity contribution is -0.130. The summed E-state index contributed by atoms with van der Waals surface area (Å²) < 4.78 is 13.1. The van der Waals surface area contributed by atoms with E-state index in [1.165, 1.54) is 18.2 Å². The highest BCUT2D eigenvalue weighted by Crippen LogP contribution is 2.19. The molecule has 1 aliphatic rings. The van der Waals surface area contributed by atoms with Crippen molar-refractivity contribution in [3.8, 4) is 0 Å². The lowest BCUT2D eigenvalue weighted by Crippen LogP contribution is -2.53. The lowest BCUT2D eigenvalue weighted by Gasteiger charge is -2.39. The smallest absolute Gasteiger partial charge is 0.252 e. The maximum absolute atomic E-state index is 13.1. The number of rotatable bonds is 6. The Bertz CT molecular complexity index is 991. The average Bonchev–Trinajstić information content (AvgIpc) is 2.74. The van der Waals surface area contributed by atoms with Gasteiger partial charge in [-0.3, -0.25) is 14.5 Å². The zero-order valence-corrected chi connectivity index (χ0v) is 19.4. The van der Waals surface area contributed by atoms with Crippen LogP contribution in [-0.4, -0.2) is 53.3 Å². The highest BCUT2D eigenvalue weighted by Gasteiger charge is 2.26. The molecule has 0 bridgehead atoms. The summed E-state index contributed by atoms with van der Waals surface area (Å²) in [7, 11) is 0. The summed E-state index contributed by atoms with van der Waals surface area (Å²) in [5.74, 6) is -0.559. The minimum Gasteiger partial charge on any atom is -0.350 e. The molecule has 1 heterocycles. The fourth-order valence-corrected chi connectivity index (χ4v) is 3.99. The molecule has 1 saturated heterocycles. The summed E-state index contributed by atoms with van der Waals surface area (Å²) in [4.78, 5) is 29.5. The van der Waals surface area contributed by atoms with Gasteiger partial charge < -0.3 is 10.2 Å². The van der Waals surface area contributed by atoms with Crippen molar-refractivity contribution in [3.63, 3.8) is 0 Å². The van der Waals surface area contributed by atoms with Crippen molar-refractivity contribution in [2.24, 2.45) is 0 Å². The van der Waals surface area contributed by atoms with E-state index in [0.717, 1.165) is 25.2 Å². The molecule has 0 radical (unpaired) electrons. The number of nitrogens with zero attached hydrogens (tertiary/aromatic N) is 2. The van der Waals surface area contributed by atoms with E-state index in [9.17, 15) is 14.0 Å². The van der Waals surface area contributed by atoms with Gasteiger partial charge in [-0.1, -0.05) is 29.8 Å². The van der Waals surface area contributed by atoms with E-state index in [4.69, 9.17) is 11.6 Å². The van der Waals surface area contributed by atoms with E-state index in [2.05, 4.69) is 10.2 Å². The number of piperazine rings is 1. The van der Waals surface area contributed by atoms with E-state index in [1.54, 1.807) is 36.4 Å². The van der Waals surface area contributed by atoms with Crippen LogP contribution in [0.2, 0.25) is 5.02 Å². The number of benzene rings is 2. The maximum atomic E-state index is 13.1. The third-order valence-corrected chi connectivity index (χ3v) is 5.63.